The average Bonchev–Trinajstić information content (AvgIpc) is 2.37. The van der Waals surface area contributed by atoms with Crippen molar-refractivity contribution < 1.29 is 28.2 Å². The van der Waals surface area contributed by atoms with Crippen LogP contribution in [-0.2, 0) is 19.6 Å². The van der Waals surface area contributed by atoms with Crippen LogP contribution in [0.5, 0.6) is 0 Å². The Morgan fingerprint density at radius 1 is 1.24 bits per heavy atom. The fraction of sp³-hybridized carbons (Fsp3) is 0.333. The first-order valence-corrected chi connectivity index (χ1v) is 8.23. The molecule has 21 heavy (non-hydrogen) atoms. The zero-order chi connectivity index (χ0) is 16.0. The van der Waals surface area contributed by atoms with Crippen molar-refractivity contribution in [1.82, 2.24) is 4.72 Å². The highest BCUT2D eigenvalue weighted by molar-refractivity contribution is 9.10. The van der Waals surface area contributed by atoms with Crippen molar-refractivity contribution in [2.24, 2.45) is 0 Å². The summed E-state index contributed by atoms with van der Waals surface area (Å²) in [6, 6.07) is 4.63. The highest BCUT2D eigenvalue weighted by Gasteiger charge is 2.26. The molecule has 0 spiro atoms. The number of carboxylic acid groups (broad SMARTS) is 2. The van der Waals surface area contributed by atoms with E-state index >= 15 is 0 Å². The van der Waals surface area contributed by atoms with Gasteiger partial charge in [-0.1, -0.05) is 12.1 Å². The summed E-state index contributed by atoms with van der Waals surface area (Å²) in [5, 5.41) is 17.6. The normalized spacial score (nSPS) is 12.8. The van der Waals surface area contributed by atoms with E-state index in [4.69, 9.17) is 10.2 Å². The van der Waals surface area contributed by atoms with Crippen molar-refractivity contribution in [2.75, 3.05) is 0 Å². The Balaban J connectivity index is 2.85. The second-order valence-corrected chi connectivity index (χ2v) is 6.77. The minimum Gasteiger partial charge on any atom is -0.481 e. The van der Waals surface area contributed by atoms with Gasteiger partial charge in [-0.15, -0.1) is 0 Å². The quantitative estimate of drug-likeness (QED) is 0.628. The average molecular weight is 380 g/mol. The Morgan fingerprint density at radius 3 is 2.38 bits per heavy atom. The first kappa shape index (κ1) is 17.6. The maximum atomic E-state index is 12.1. The van der Waals surface area contributed by atoms with Crippen molar-refractivity contribution in [1.29, 1.82) is 0 Å². The Labute approximate surface area is 130 Å². The van der Waals surface area contributed by atoms with Crippen LogP contribution < -0.4 is 4.72 Å². The third kappa shape index (κ3) is 5.44. The smallest absolute Gasteiger partial charge is 0.321 e. The highest BCUT2D eigenvalue weighted by atomic mass is 79.9. The van der Waals surface area contributed by atoms with Crippen molar-refractivity contribution in [3.8, 4) is 0 Å². The predicted octanol–water partition coefficient (Wildman–Crippen LogP) is 1.44. The molecular formula is C12H14BrNO6S. The van der Waals surface area contributed by atoms with Gasteiger partial charge >= 0.3 is 11.9 Å². The zero-order valence-corrected chi connectivity index (χ0v) is 13.2. The van der Waals surface area contributed by atoms with Crippen LogP contribution in [0, 0.1) is 0 Å². The third-order valence-electron chi connectivity index (χ3n) is 2.61. The number of hydrogen-bond donors (Lipinski definition) is 3. The minimum atomic E-state index is -4.01. The molecule has 0 fully saturated rings. The predicted molar refractivity (Wildman–Crippen MR) is 77.4 cm³/mol. The van der Waals surface area contributed by atoms with Gasteiger partial charge in [0.2, 0.25) is 10.0 Å². The lowest BCUT2D eigenvalue weighted by atomic mass is 10.1. The van der Waals surface area contributed by atoms with Crippen LogP contribution in [0.25, 0.3) is 0 Å². The lowest BCUT2D eigenvalue weighted by molar-refractivity contribution is -0.140. The number of aliphatic carboxylic acids is 2. The van der Waals surface area contributed by atoms with Crippen molar-refractivity contribution >= 4 is 37.9 Å². The summed E-state index contributed by atoms with van der Waals surface area (Å²) in [7, 11) is -4.01. The summed E-state index contributed by atoms with van der Waals surface area (Å²) in [5.41, 5.74) is 0. The maximum absolute atomic E-state index is 12.1. The highest BCUT2D eigenvalue weighted by Crippen LogP contribution is 2.21. The number of nitrogens with one attached hydrogen (secondary N) is 1. The lowest BCUT2D eigenvalue weighted by Crippen LogP contribution is -2.40. The monoisotopic (exact) mass is 379 g/mol. The standard InChI is InChI=1S/C12H14BrNO6S/c13-8-4-1-2-6-10(8)21(19,20)14-9(12(17)18)5-3-7-11(15)16/h1-2,4,6,9,14H,3,5,7H2,(H,15,16)(H,17,18)/t9-/m1/s1. The van der Waals surface area contributed by atoms with Crippen LogP contribution in [0.3, 0.4) is 0 Å². The van der Waals surface area contributed by atoms with E-state index in [0.717, 1.165) is 0 Å². The molecule has 0 unspecified atom stereocenters. The van der Waals surface area contributed by atoms with Gasteiger partial charge in [-0.05, 0) is 40.9 Å². The van der Waals surface area contributed by atoms with Gasteiger partial charge in [0.1, 0.15) is 6.04 Å². The molecule has 1 aromatic carbocycles. The van der Waals surface area contributed by atoms with Crippen LogP contribution in [-0.4, -0.2) is 36.6 Å². The van der Waals surface area contributed by atoms with Crippen molar-refractivity contribution in [2.45, 2.75) is 30.2 Å². The van der Waals surface area contributed by atoms with E-state index in [2.05, 4.69) is 20.7 Å². The molecule has 7 nitrogen and oxygen atoms in total. The number of carboxylic acids is 2. The Hall–Kier alpha value is -1.45. The minimum absolute atomic E-state index is 0.0603. The van der Waals surface area contributed by atoms with Gasteiger partial charge in [0, 0.05) is 10.9 Å². The molecule has 3 N–H and O–H groups in total. The van der Waals surface area contributed by atoms with Crippen molar-refractivity contribution in [3.05, 3.63) is 28.7 Å². The van der Waals surface area contributed by atoms with Gasteiger partial charge < -0.3 is 10.2 Å². The van der Waals surface area contributed by atoms with Crippen LogP contribution in [0.4, 0.5) is 0 Å². The molecule has 9 heteroatoms. The number of benzene rings is 1. The summed E-state index contributed by atoms with van der Waals surface area (Å²) in [5.74, 6) is -2.41. The van der Waals surface area contributed by atoms with E-state index in [9.17, 15) is 18.0 Å². The van der Waals surface area contributed by atoms with E-state index in [0.29, 0.717) is 4.47 Å². The van der Waals surface area contributed by atoms with Gasteiger partial charge in [0.05, 0.1) is 4.90 Å². The van der Waals surface area contributed by atoms with Crippen molar-refractivity contribution in [3.63, 3.8) is 0 Å². The number of carbonyl (C=O) groups is 2. The maximum Gasteiger partial charge on any atom is 0.321 e. The van der Waals surface area contributed by atoms with Crippen LogP contribution >= 0.6 is 15.9 Å². The zero-order valence-electron chi connectivity index (χ0n) is 10.8. The molecule has 0 amide bonds. The van der Waals surface area contributed by atoms with Gasteiger partial charge in [0.25, 0.3) is 0 Å². The number of rotatable bonds is 8. The molecule has 0 heterocycles. The summed E-state index contributed by atoms with van der Waals surface area (Å²) < 4.78 is 26.7. The lowest BCUT2D eigenvalue weighted by Gasteiger charge is -2.15. The molecule has 1 atom stereocenters. The molecule has 0 bridgehead atoms. The molecule has 0 radical (unpaired) electrons. The molecule has 0 aliphatic rings. The molecular weight excluding hydrogens is 366 g/mol. The number of hydrogen-bond acceptors (Lipinski definition) is 4. The molecule has 1 aromatic rings. The largest absolute Gasteiger partial charge is 0.481 e. The molecule has 0 aromatic heterocycles. The van der Waals surface area contributed by atoms with Crippen LogP contribution in [0.2, 0.25) is 0 Å². The topological polar surface area (TPSA) is 121 Å². The van der Waals surface area contributed by atoms with Gasteiger partial charge in [-0.3, -0.25) is 9.59 Å². The van der Waals surface area contributed by atoms with Gasteiger partial charge in [0.15, 0.2) is 0 Å². The number of halogens is 1. The summed E-state index contributed by atoms with van der Waals surface area (Å²) in [4.78, 5) is 21.4. The fourth-order valence-corrected chi connectivity index (χ4v) is 3.83. The molecule has 116 valence electrons. The SMILES string of the molecule is O=C(O)CCC[C@@H](NS(=O)(=O)c1ccccc1Br)C(=O)O. The van der Waals surface area contributed by atoms with E-state index in [-0.39, 0.29) is 24.2 Å². The van der Waals surface area contributed by atoms with E-state index in [1.54, 1.807) is 6.07 Å². The second kappa shape index (κ2) is 7.53. The molecule has 0 saturated heterocycles. The first-order valence-electron chi connectivity index (χ1n) is 5.95. The molecule has 1 rings (SSSR count). The molecule has 0 aliphatic heterocycles. The summed E-state index contributed by atoms with van der Waals surface area (Å²) in [6.07, 6.45) is -0.267. The first-order chi connectivity index (χ1) is 9.74. The second-order valence-electron chi connectivity index (χ2n) is 4.23. The molecule has 0 aliphatic carbocycles. The fourth-order valence-electron chi connectivity index (χ4n) is 1.60. The summed E-state index contributed by atoms with van der Waals surface area (Å²) >= 11 is 3.09. The molecule has 0 saturated carbocycles. The Kier molecular flexibility index (Phi) is 6.31. The van der Waals surface area contributed by atoms with E-state index < -0.39 is 28.0 Å². The Bertz CT molecular complexity index is 630. The van der Waals surface area contributed by atoms with E-state index in [1.165, 1.54) is 18.2 Å². The summed E-state index contributed by atoms with van der Waals surface area (Å²) in [6.45, 7) is 0. The third-order valence-corrected chi connectivity index (χ3v) is 5.09. The Morgan fingerprint density at radius 2 is 1.86 bits per heavy atom. The number of sulfonamides is 1. The van der Waals surface area contributed by atoms with Crippen LogP contribution in [0.15, 0.2) is 33.6 Å². The van der Waals surface area contributed by atoms with Gasteiger partial charge in [-0.2, -0.15) is 4.72 Å². The van der Waals surface area contributed by atoms with Gasteiger partial charge in [-0.25, -0.2) is 8.42 Å². The van der Waals surface area contributed by atoms with Crippen LogP contribution in [0.1, 0.15) is 19.3 Å². The van der Waals surface area contributed by atoms with E-state index in [1.807, 2.05) is 0 Å².